The molecule has 2 amide bonds. The van der Waals surface area contributed by atoms with Gasteiger partial charge in [-0.25, -0.2) is 0 Å². The summed E-state index contributed by atoms with van der Waals surface area (Å²) in [7, 11) is 0. The first-order valence-corrected chi connectivity index (χ1v) is 8.49. The number of hydrogen-bond donors (Lipinski definition) is 3. The topological polar surface area (TPSA) is 76.6 Å². The molecule has 3 atom stereocenters. The molecule has 1 heterocycles. The number of primary amides is 1. The molecule has 23 heavy (non-hydrogen) atoms. The molecule has 5 nitrogen and oxygen atoms in total. The van der Waals surface area contributed by atoms with Crippen molar-refractivity contribution in [2.24, 2.45) is 11.7 Å². The Bertz CT molecular complexity index is 595. The predicted molar refractivity (Wildman–Crippen MR) is 90.5 cm³/mol. The maximum Gasteiger partial charge on any atom is 0.275 e. The van der Waals surface area contributed by atoms with E-state index in [0.717, 1.165) is 29.8 Å². The van der Waals surface area contributed by atoms with E-state index in [-0.39, 0.29) is 23.8 Å². The molecule has 1 unspecified atom stereocenters. The van der Waals surface area contributed by atoms with Gasteiger partial charge in [-0.1, -0.05) is 29.3 Å². The molecule has 0 bridgehead atoms. The molecule has 1 fully saturated rings. The number of likely N-dealkylation sites (tertiary alicyclic amines) is 1. The minimum absolute atomic E-state index is 0.0521. The van der Waals surface area contributed by atoms with Gasteiger partial charge in [-0.2, -0.15) is 0 Å². The lowest BCUT2D eigenvalue weighted by atomic mass is 9.97. The summed E-state index contributed by atoms with van der Waals surface area (Å²) < 4.78 is 0. The van der Waals surface area contributed by atoms with E-state index in [2.05, 4.69) is 5.32 Å². The fraction of sp³-hybridized carbons (Fsp3) is 0.500. The third-order valence-electron chi connectivity index (χ3n) is 4.25. The Hall–Kier alpha value is -1.30. The van der Waals surface area contributed by atoms with E-state index in [1.54, 1.807) is 12.1 Å². The molecule has 0 aromatic heterocycles. The normalized spacial score (nSPS) is 22.4. The number of rotatable bonds is 5. The molecule has 0 spiro atoms. The van der Waals surface area contributed by atoms with E-state index in [4.69, 9.17) is 28.9 Å². The van der Waals surface area contributed by atoms with E-state index in [1.807, 2.05) is 13.0 Å². The van der Waals surface area contributed by atoms with Crippen LogP contribution in [-0.2, 0) is 9.59 Å². The van der Waals surface area contributed by atoms with Crippen LogP contribution in [0.1, 0.15) is 31.4 Å². The highest BCUT2D eigenvalue weighted by Gasteiger charge is 2.28. The van der Waals surface area contributed by atoms with Crippen LogP contribution in [0.4, 0.5) is 0 Å². The molecule has 4 N–H and O–H groups in total. The number of piperidine rings is 1. The molecule has 1 aromatic carbocycles. The third kappa shape index (κ3) is 5.09. The van der Waals surface area contributed by atoms with E-state index in [9.17, 15) is 9.59 Å². The van der Waals surface area contributed by atoms with Crippen molar-refractivity contribution < 1.29 is 14.5 Å². The summed E-state index contributed by atoms with van der Waals surface area (Å²) in [6.45, 7) is 3.76. The first-order chi connectivity index (χ1) is 10.9. The molecule has 0 radical (unpaired) electrons. The Morgan fingerprint density at radius 2 is 2.13 bits per heavy atom. The lowest BCUT2D eigenvalue weighted by Crippen LogP contribution is -3.15. The maximum atomic E-state index is 12.2. The molecule has 0 saturated carbocycles. The first-order valence-electron chi connectivity index (χ1n) is 7.74. The Kier molecular flexibility index (Phi) is 6.27. The van der Waals surface area contributed by atoms with Gasteiger partial charge in [0, 0.05) is 0 Å². The highest BCUT2D eigenvalue weighted by Crippen LogP contribution is 2.25. The average Bonchev–Trinajstić information content (AvgIpc) is 2.50. The fourth-order valence-corrected chi connectivity index (χ4v) is 3.25. The Morgan fingerprint density at radius 3 is 2.78 bits per heavy atom. The van der Waals surface area contributed by atoms with Gasteiger partial charge in [-0.15, -0.1) is 0 Å². The molecule has 1 saturated heterocycles. The van der Waals surface area contributed by atoms with Crippen LogP contribution in [-0.4, -0.2) is 31.4 Å². The smallest absolute Gasteiger partial charge is 0.275 e. The highest BCUT2D eigenvalue weighted by molar-refractivity contribution is 6.42. The largest absolute Gasteiger partial charge is 0.369 e. The number of nitrogens with two attached hydrogens (primary N) is 1. The maximum absolute atomic E-state index is 12.2. The second-order valence-corrected chi connectivity index (χ2v) is 6.90. The van der Waals surface area contributed by atoms with E-state index in [1.165, 1.54) is 0 Å². The van der Waals surface area contributed by atoms with Gasteiger partial charge < -0.3 is 16.0 Å². The van der Waals surface area contributed by atoms with Crippen molar-refractivity contribution in [1.82, 2.24) is 5.32 Å². The Morgan fingerprint density at radius 1 is 1.39 bits per heavy atom. The summed E-state index contributed by atoms with van der Waals surface area (Å²) in [6, 6.07) is 5.16. The number of amides is 2. The van der Waals surface area contributed by atoms with Crippen LogP contribution in [0.15, 0.2) is 18.2 Å². The number of nitrogens with one attached hydrogen (secondary N) is 2. The van der Waals surface area contributed by atoms with Crippen molar-refractivity contribution >= 4 is 35.0 Å². The second-order valence-electron chi connectivity index (χ2n) is 6.09. The van der Waals surface area contributed by atoms with Crippen molar-refractivity contribution in [1.29, 1.82) is 0 Å². The van der Waals surface area contributed by atoms with Gasteiger partial charge in [0.15, 0.2) is 6.54 Å². The fourth-order valence-electron chi connectivity index (χ4n) is 2.94. The Balaban J connectivity index is 1.88. The monoisotopic (exact) mass is 358 g/mol. The molecule has 126 valence electrons. The molecular weight excluding hydrogens is 337 g/mol. The van der Waals surface area contributed by atoms with Gasteiger partial charge in [-0.05, 0) is 37.5 Å². The van der Waals surface area contributed by atoms with Gasteiger partial charge in [0.1, 0.15) is 0 Å². The zero-order valence-corrected chi connectivity index (χ0v) is 14.6. The van der Waals surface area contributed by atoms with Crippen LogP contribution >= 0.6 is 23.2 Å². The van der Waals surface area contributed by atoms with E-state index >= 15 is 0 Å². The summed E-state index contributed by atoms with van der Waals surface area (Å²) >= 11 is 11.9. The number of quaternary nitrogens is 1. The number of hydrogen-bond acceptors (Lipinski definition) is 2. The summed E-state index contributed by atoms with van der Waals surface area (Å²) in [4.78, 5) is 24.6. The first kappa shape index (κ1) is 18.0. The Labute approximate surface area is 146 Å². The molecule has 7 heteroatoms. The van der Waals surface area contributed by atoms with Gasteiger partial charge in [-0.3, -0.25) is 9.59 Å². The molecule has 2 rings (SSSR count). The van der Waals surface area contributed by atoms with Gasteiger partial charge in [0.2, 0.25) is 5.91 Å². The summed E-state index contributed by atoms with van der Waals surface area (Å²) in [5.74, 6) is -0.450. The molecule has 0 aliphatic carbocycles. The van der Waals surface area contributed by atoms with E-state index < -0.39 is 0 Å². The SMILES string of the molecule is C[C@H](NC(=O)C[NH+]1CCC[C@H](C(N)=O)C1)c1ccc(Cl)c(Cl)c1. The van der Waals surface area contributed by atoms with Crippen molar-refractivity contribution in [2.45, 2.75) is 25.8 Å². The summed E-state index contributed by atoms with van der Waals surface area (Å²) in [5, 5.41) is 3.92. The minimum atomic E-state index is -0.271. The second kappa shape index (κ2) is 7.99. The average molecular weight is 359 g/mol. The van der Waals surface area contributed by atoms with Crippen molar-refractivity contribution in [2.75, 3.05) is 19.6 Å². The van der Waals surface area contributed by atoms with E-state index in [0.29, 0.717) is 23.1 Å². The number of carbonyl (C=O) groups is 2. The zero-order chi connectivity index (χ0) is 17.0. The summed E-state index contributed by atoms with van der Waals surface area (Å²) in [6.07, 6.45) is 1.73. The lowest BCUT2D eigenvalue weighted by Gasteiger charge is -2.28. The molecule has 1 aliphatic heterocycles. The van der Waals surface area contributed by atoms with Crippen LogP contribution in [0.5, 0.6) is 0 Å². The predicted octanol–water partition coefficient (Wildman–Crippen LogP) is 0.951. The molecule has 1 aliphatic rings. The lowest BCUT2D eigenvalue weighted by molar-refractivity contribution is -0.899. The van der Waals surface area contributed by atoms with Crippen molar-refractivity contribution in [3.63, 3.8) is 0 Å². The van der Waals surface area contributed by atoms with Crippen LogP contribution < -0.4 is 16.0 Å². The van der Waals surface area contributed by atoms with Gasteiger partial charge in [0.05, 0.1) is 35.1 Å². The zero-order valence-electron chi connectivity index (χ0n) is 13.1. The van der Waals surface area contributed by atoms with Gasteiger partial charge >= 0.3 is 0 Å². The quantitative estimate of drug-likeness (QED) is 0.732. The van der Waals surface area contributed by atoms with Gasteiger partial charge in [0.25, 0.3) is 5.91 Å². The van der Waals surface area contributed by atoms with Crippen LogP contribution in [0.25, 0.3) is 0 Å². The standard InChI is InChI=1S/C16H21Cl2N3O2/c1-10(11-4-5-13(17)14(18)7-11)20-15(22)9-21-6-2-3-12(8-21)16(19)23/h4-5,7,10,12H,2-3,6,8-9H2,1H3,(H2,19,23)(H,20,22)/p+1/t10-,12-/m0/s1. The van der Waals surface area contributed by atoms with Crippen molar-refractivity contribution in [3.8, 4) is 0 Å². The summed E-state index contributed by atoms with van der Waals surface area (Å²) in [5.41, 5.74) is 6.27. The number of halogens is 2. The number of benzene rings is 1. The minimum Gasteiger partial charge on any atom is -0.369 e. The van der Waals surface area contributed by atoms with Crippen LogP contribution in [0, 0.1) is 5.92 Å². The molecular formula is C16H22Cl2N3O2+. The number of carbonyl (C=O) groups excluding carboxylic acids is 2. The third-order valence-corrected chi connectivity index (χ3v) is 4.99. The highest BCUT2D eigenvalue weighted by atomic mass is 35.5. The van der Waals surface area contributed by atoms with Crippen molar-refractivity contribution in [3.05, 3.63) is 33.8 Å². The van der Waals surface area contributed by atoms with Crippen LogP contribution in [0.3, 0.4) is 0 Å². The molecule has 1 aromatic rings. The van der Waals surface area contributed by atoms with Crippen LogP contribution in [0.2, 0.25) is 10.0 Å².